The van der Waals surface area contributed by atoms with Crippen molar-refractivity contribution >= 4 is 0 Å². The lowest BCUT2D eigenvalue weighted by Gasteiger charge is -2.25. The van der Waals surface area contributed by atoms with E-state index in [0.29, 0.717) is 11.8 Å². The molecule has 1 aliphatic rings. The minimum Gasteiger partial charge on any atom is -0.508 e. The summed E-state index contributed by atoms with van der Waals surface area (Å²) >= 11 is 0. The fourth-order valence-corrected chi connectivity index (χ4v) is 5.06. The second-order valence-corrected chi connectivity index (χ2v) is 9.89. The summed E-state index contributed by atoms with van der Waals surface area (Å²) in [6.45, 7) is 7.93. The molecule has 0 unspecified atom stereocenters. The van der Waals surface area contributed by atoms with Crippen molar-refractivity contribution in [2.75, 3.05) is 32.7 Å². The van der Waals surface area contributed by atoms with Crippen molar-refractivity contribution in [3.05, 3.63) is 53.6 Å². The fraction of sp³-hybridized carbons (Fsp3) is 0.586. The van der Waals surface area contributed by atoms with Crippen LogP contribution in [0.1, 0.15) is 69.4 Å². The zero-order valence-electron chi connectivity index (χ0n) is 21.0. The average Bonchev–Trinajstić information content (AvgIpc) is 3.27. The monoisotopic (exact) mass is 468 g/mol. The molecule has 0 radical (unpaired) electrons. The number of rotatable bonds is 15. The van der Waals surface area contributed by atoms with Crippen molar-refractivity contribution in [3.63, 3.8) is 0 Å². The summed E-state index contributed by atoms with van der Waals surface area (Å²) in [7, 11) is 0. The van der Waals surface area contributed by atoms with Crippen LogP contribution in [0.2, 0.25) is 0 Å². The Morgan fingerprint density at radius 1 is 0.824 bits per heavy atom. The topological polar surface area (TPSA) is 67.2 Å². The van der Waals surface area contributed by atoms with Crippen molar-refractivity contribution in [2.24, 2.45) is 0 Å². The molecule has 1 fully saturated rings. The molecule has 34 heavy (non-hydrogen) atoms. The summed E-state index contributed by atoms with van der Waals surface area (Å²) in [6, 6.07) is 13.5. The number of hydrogen-bond donors (Lipinski definition) is 3. The minimum atomic E-state index is -0.0489. The first kappa shape index (κ1) is 26.4. The first-order valence-electron chi connectivity index (χ1n) is 13.3. The van der Waals surface area contributed by atoms with Gasteiger partial charge >= 0.3 is 0 Å². The Hall–Kier alpha value is -2.24. The van der Waals surface area contributed by atoms with Crippen LogP contribution in [0.15, 0.2) is 42.5 Å². The lowest BCUT2D eigenvalue weighted by molar-refractivity contribution is 0.242. The molecule has 0 bridgehead atoms. The summed E-state index contributed by atoms with van der Waals surface area (Å²) in [4.78, 5) is 5.23. The molecule has 1 saturated heterocycles. The predicted molar refractivity (Wildman–Crippen MR) is 140 cm³/mol. The largest absolute Gasteiger partial charge is 0.508 e. The van der Waals surface area contributed by atoms with Crippen LogP contribution < -0.4 is 0 Å². The molecule has 0 amide bonds. The summed E-state index contributed by atoms with van der Waals surface area (Å²) < 4.78 is 0. The second-order valence-electron chi connectivity index (χ2n) is 9.89. The third kappa shape index (κ3) is 8.84. The number of benzene rings is 2. The molecule has 1 heterocycles. The van der Waals surface area contributed by atoms with E-state index in [9.17, 15) is 15.3 Å². The summed E-state index contributed by atoms with van der Waals surface area (Å²) in [5.74, 6) is 0.271. The van der Waals surface area contributed by atoms with E-state index in [0.717, 1.165) is 38.0 Å². The SMILES string of the molecule is CCCCN(CCCCCCN1CCC[C@@H]1Cc1ccc(O)cc1)CCc1ccc(O)c(O)c1. The highest BCUT2D eigenvalue weighted by atomic mass is 16.3. The van der Waals surface area contributed by atoms with Crippen LogP contribution in [0.5, 0.6) is 17.2 Å². The molecule has 5 nitrogen and oxygen atoms in total. The van der Waals surface area contributed by atoms with Crippen LogP contribution in [0.25, 0.3) is 0 Å². The normalized spacial score (nSPS) is 16.5. The summed E-state index contributed by atoms with van der Waals surface area (Å²) in [5, 5.41) is 28.7. The number of unbranched alkanes of at least 4 members (excludes halogenated alkanes) is 4. The van der Waals surface area contributed by atoms with Crippen LogP contribution in [-0.4, -0.2) is 63.9 Å². The van der Waals surface area contributed by atoms with Gasteiger partial charge in [-0.05, 0) is 107 Å². The Labute approximate surface area is 206 Å². The molecule has 3 N–H and O–H groups in total. The quantitative estimate of drug-likeness (QED) is 0.231. The van der Waals surface area contributed by atoms with Gasteiger partial charge in [0.1, 0.15) is 5.75 Å². The smallest absolute Gasteiger partial charge is 0.157 e. The van der Waals surface area contributed by atoms with Crippen molar-refractivity contribution < 1.29 is 15.3 Å². The van der Waals surface area contributed by atoms with Crippen molar-refractivity contribution in [2.45, 2.75) is 77.2 Å². The zero-order valence-corrected chi connectivity index (χ0v) is 21.0. The van der Waals surface area contributed by atoms with E-state index in [4.69, 9.17) is 0 Å². The van der Waals surface area contributed by atoms with E-state index in [2.05, 4.69) is 28.9 Å². The van der Waals surface area contributed by atoms with Gasteiger partial charge in [0.2, 0.25) is 0 Å². The van der Waals surface area contributed by atoms with E-state index in [1.807, 2.05) is 6.07 Å². The van der Waals surface area contributed by atoms with E-state index in [1.165, 1.54) is 70.0 Å². The summed E-state index contributed by atoms with van der Waals surface area (Å²) in [5.41, 5.74) is 2.40. The highest BCUT2D eigenvalue weighted by Crippen LogP contribution is 2.25. The lowest BCUT2D eigenvalue weighted by Crippen LogP contribution is -2.32. The first-order valence-corrected chi connectivity index (χ1v) is 13.3. The molecule has 0 spiro atoms. The van der Waals surface area contributed by atoms with Gasteiger partial charge in [-0.15, -0.1) is 0 Å². The standard InChI is InChI=1S/C29H44N2O3/c1-2-3-17-30(21-16-25-12-15-28(33)29(34)23-25)18-6-4-5-7-19-31-20-8-9-26(31)22-24-10-13-27(32)14-11-24/h10-15,23,26,32-34H,2-9,16-22H2,1H3/t26-/m1/s1. The van der Waals surface area contributed by atoms with Crippen LogP contribution in [-0.2, 0) is 12.8 Å². The Bertz CT molecular complexity index is 840. The number of phenols is 3. The predicted octanol–water partition coefficient (Wildman–Crippen LogP) is 5.72. The molecule has 3 rings (SSSR count). The Morgan fingerprint density at radius 2 is 1.56 bits per heavy atom. The van der Waals surface area contributed by atoms with Crippen LogP contribution in [0.4, 0.5) is 0 Å². The molecule has 0 aromatic heterocycles. The van der Waals surface area contributed by atoms with Crippen LogP contribution in [0, 0.1) is 0 Å². The zero-order chi connectivity index (χ0) is 24.2. The molecule has 188 valence electrons. The maximum absolute atomic E-state index is 9.73. The molecule has 1 atom stereocenters. The lowest BCUT2D eigenvalue weighted by atomic mass is 10.0. The third-order valence-electron chi connectivity index (χ3n) is 7.16. The van der Waals surface area contributed by atoms with E-state index in [-0.39, 0.29) is 11.5 Å². The fourth-order valence-electron chi connectivity index (χ4n) is 5.06. The number of nitrogens with zero attached hydrogens (tertiary/aromatic N) is 2. The first-order chi connectivity index (χ1) is 16.5. The maximum atomic E-state index is 9.73. The van der Waals surface area contributed by atoms with Gasteiger partial charge in [0.25, 0.3) is 0 Å². The average molecular weight is 469 g/mol. The Balaban J connectivity index is 1.32. The van der Waals surface area contributed by atoms with Crippen LogP contribution >= 0.6 is 0 Å². The molecular formula is C29H44N2O3. The van der Waals surface area contributed by atoms with Gasteiger partial charge in [0.15, 0.2) is 11.5 Å². The molecule has 0 saturated carbocycles. The highest BCUT2D eigenvalue weighted by Gasteiger charge is 2.23. The number of hydrogen-bond acceptors (Lipinski definition) is 5. The van der Waals surface area contributed by atoms with Crippen LogP contribution in [0.3, 0.4) is 0 Å². The van der Waals surface area contributed by atoms with Crippen molar-refractivity contribution in [1.29, 1.82) is 0 Å². The Morgan fingerprint density at radius 3 is 2.32 bits per heavy atom. The highest BCUT2D eigenvalue weighted by molar-refractivity contribution is 5.40. The maximum Gasteiger partial charge on any atom is 0.157 e. The van der Waals surface area contributed by atoms with Gasteiger partial charge < -0.3 is 25.1 Å². The van der Waals surface area contributed by atoms with Gasteiger partial charge in [-0.25, -0.2) is 0 Å². The van der Waals surface area contributed by atoms with Crippen molar-refractivity contribution in [1.82, 2.24) is 9.80 Å². The molecule has 0 aliphatic carbocycles. The number of likely N-dealkylation sites (tertiary alicyclic amines) is 1. The number of aromatic hydroxyl groups is 3. The molecule has 1 aliphatic heterocycles. The van der Waals surface area contributed by atoms with Gasteiger partial charge in [0.05, 0.1) is 0 Å². The summed E-state index contributed by atoms with van der Waals surface area (Å²) in [6.07, 6.45) is 12.1. The molecule has 2 aromatic rings. The van der Waals surface area contributed by atoms with Gasteiger partial charge in [-0.2, -0.15) is 0 Å². The third-order valence-corrected chi connectivity index (χ3v) is 7.16. The van der Waals surface area contributed by atoms with Crippen molar-refractivity contribution in [3.8, 4) is 17.2 Å². The van der Waals surface area contributed by atoms with Gasteiger partial charge in [-0.1, -0.05) is 44.4 Å². The van der Waals surface area contributed by atoms with Gasteiger partial charge in [0, 0.05) is 12.6 Å². The van der Waals surface area contributed by atoms with Gasteiger partial charge in [-0.3, -0.25) is 0 Å². The Kier molecular flexibility index (Phi) is 11.0. The molecule has 5 heteroatoms. The number of phenolic OH excluding ortho intramolecular Hbond substituents is 3. The van der Waals surface area contributed by atoms with E-state index >= 15 is 0 Å². The van der Waals surface area contributed by atoms with E-state index in [1.54, 1.807) is 24.3 Å². The van der Waals surface area contributed by atoms with E-state index < -0.39 is 0 Å². The second kappa shape index (κ2) is 14.2. The minimum absolute atomic E-state index is 0.0269. The molecular weight excluding hydrogens is 424 g/mol. The molecule has 2 aromatic carbocycles.